The second kappa shape index (κ2) is 7.53. The lowest BCUT2D eigenvalue weighted by Gasteiger charge is -2.17. The van der Waals surface area contributed by atoms with Gasteiger partial charge < -0.3 is 15.5 Å². The van der Waals surface area contributed by atoms with E-state index in [0.717, 1.165) is 19.3 Å². The molecule has 3 nitrogen and oxygen atoms in total. The Kier molecular flexibility index (Phi) is 7.45. The van der Waals surface area contributed by atoms with Gasteiger partial charge >= 0.3 is 0 Å². The molecule has 3 heteroatoms. The maximum Gasteiger partial charge on any atom is 0.0895 e. The van der Waals surface area contributed by atoms with Crippen molar-refractivity contribution in [3.8, 4) is 0 Å². The molecule has 0 amide bonds. The average Bonchev–Trinajstić information content (AvgIpc) is 2.11. The molecule has 0 saturated heterocycles. The average molecular weight is 175 g/mol. The van der Waals surface area contributed by atoms with Crippen LogP contribution in [0.5, 0.6) is 0 Å². The van der Waals surface area contributed by atoms with Gasteiger partial charge in [-0.05, 0) is 12.8 Å². The first kappa shape index (κ1) is 11.9. The summed E-state index contributed by atoms with van der Waals surface area (Å²) in [6.45, 7) is 4.61. The molecule has 0 bridgehead atoms. The van der Waals surface area contributed by atoms with Crippen molar-refractivity contribution in [2.45, 2.75) is 45.3 Å². The summed E-state index contributed by atoms with van der Waals surface area (Å²) < 4.78 is 0. The minimum Gasteiger partial charge on any atom is -0.394 e. The SMILES string of the molecule is CCCC(CC)NCC(O)CO. The largest absolute Gasteiger partial charge is 0.394 e. The van der Waals surface area contributed by atoms with Crippen molar-refractivity contribution in [2.24, 2.45) is 0 Å². The third-order valence-electron chi connectivity index (χ3n) is 1.98. The van der Waals surface area contributed by atoms with Gasteiger partial charge in [-0.2, -0.15) is 0 Å². The molecule has 0 aliphatic carbocycles. The highest BCUT2D eigenvalue weighted by molar-refractivity contribution is 4.66. The zero-order valence-electron chi connectivity index (χ0n) is 8.08. The molecule has 74 valence electrons. The Bertz CT molecular complexity index is 98.5. The third kappa shape index (κ3) is 5.52. The summed E-state index contributed by atoms with van der Waals surface area (Å²) >= 11 is 0. The highest BCUT2D eigenvalue weighted by atomic mass is 16.3. The van der Waals surface area contributed by atoms with Gasteiger partial charge in [-0.15, -0.1) is 0 Å². The first-order valence-corrected chi connectivity index (χ1v) is 4.76. The maximum atomic E-state index is 9.06. The van der Waals surface area contributed by atoms with Gasteiger partial charge in [-0.3, -0.25) is 0 Å². The lowest BCUT2D eigenvalue weighted by atomic mass is 10.1. The highest BCUT2D eigenvalue weighted by Crippen LogP contribution is 2.00. The van der Waals surface area contributed by atoms with Crippen LogP contribution in [0.3, 0.4) is 0 Å². The smallest absolute Gasteiger partial charge is 0.0895 e. The van der Waals surface area contributed by atoms with E-state index in [4.69, 9.17) is 10.2 Å². The third-order valence-corrected chi connectivity index (χ3v) is 1.98. The van der Waals surface area contributed by atoms with E-state index >= 15 is 0 Å². The van der Waals surface area contributed by atoms with Crippen LogP contribution in [-0.2, 0) is 0 Å². The Morgan fingerprint density at radius 2 is 2.00 bits per heavy atom. The summed E-state index contributed by atoms with van der Waals surface area (Å²) in [5.41, 5.74) is 0. The number of rotatable bonds is 7. The number of nitrogens with one attached hydrogen (secondary N) is 1. The van der Waals surface area contributed by atoms with Crippen LogP contribution in [0.2, 0.25) is 0 Å². The highest BCUT2D eigenvalue weighted by Gasteiger charge is 2.06. The molecule has 0 aliphatic rings. The summed E-state index contributed by atoms with van der Waals surface area (Å²) in [5.74, 6) is 0. The molecule has 0 fully saturated rings. The van der Waals surface area contributed by atoms with Crippen molar-refractivity contribution >= 4 is 0 Å². The van der Waals surface area contributed by atoms with Crippen LogP contribution < -0.4 is 5.32 Å². The molecular formula is C9H21NO2. The Balaban J connectivity index is 3.43. The summed E-state index contributed by atoms with van der Waals surface area (Å²) in [6, 6.07) is 0.483. The summed E-state index contributed by atoms with van der Waals surface area (Å²) in [5, 5.41) is 20.8. The number of hydrogen-bond donors (Lipinski definition) is 3. The summed E-state index contributed by atoms with van der Waals surface area (Å²) in [4.78, 5) is 0. The molecule has 0 aliphatic heterocycles. The predicted molar refractivity (Wildman–Crippen MR) is 50.1 cm³/mol. The lowest BCUT2D eigenvalue weighted by Crippen LogP contribution is -2.36. The second-order valence-corrected chi connectivity index (χ2v) is 3.14. The van der Waals surface area contributed by atoms with Crippen LogP contribution in [0.15, 0.2) is 0 Å². The Morgan fingerprint density at radius 1 is 1.33 bits per heavy atom. The molecule has 3 N–H and O–H groups in total. The van der Waals surface area contributed by atoms with Gasteiger partial charge in [0.25, 0.3) is 0 Å². The molecular weight excluding hydrogens is 154 g/mol. The Hall–Kier alpha value is -0.120. The van der Waals surface area contributed by atoms with Crippen LogP contribution in [0.25, 0.3) is 0 Å². The van der Waals surface area contributed by atoms with Crippen LogP contribution in [0, 0.1) is 0 Å². The van der Waals surface area contributed by atoms with E-state index in [1.807, 2.05) is 0 Å². The number of aliphatic hydroxyl groups is 2. The molecule has 12 heavy (non-hydrogen) atoms. The first-order chi connectivity index (χ1) is 5.74. The molecule has 0 saturated carbocycles. The predicted octanol–water partition coefficient (Wildman–Crippen LogP) is 0.508. The van der Waals surface area contributed by atoms with Gasteiger partial charge in [0.15, 0.2) is 0 Å². The standard InChI is InChI=1S/C9H21NO2/c1-3-5-8(4-2)10-6-9(12)7-11/h8-12H,3-7H2,1-2H3. The lowest BCUT2D eigenvalue weighted by molar-refractivity contribution is 0.0914. The van der Waals surface area contributed by atoms with Crippen LogP contribution in [-0.4, -0.2) is 35.5 Å². The van der Waals surface area contributed by atoms with Crippen molar-refractivity contribution in [1.82, 2.24) is 5.32 Å². The van der Waals surface area contributed by atoms with Gasteiger partial charge in [-0.25, -0.2) is 0 Å². The van der Waals surface area contributed by atoms with Crippen LogP contribution in [0.1, 0.15) is 33.1 Å². The molecule has 0 aromatic carbocycles. The monoisotopic (exact) mass is 175 g/mol. The van der Waals surface area contributed by atoms with E-state index < -0.39 is 6.10 Å². The second-order valence-electron chi connectivity index (χ2n) is 3.14. The normalized spacial score (nSPS) is 16.0. The van der Waals surface area contributed by atoms with E-state index in [-0.39, 0.29) is 6.61 Å². The molecule has 0 aromatic rings. The minimum absolute atomic E-state index is 0.157. The van der Waals surface area contributed by atoms with E-state index in [1.165, 1.54) is 0 Å². The van der Waals surface area contributed by atoms with Crippen LogP contribution >= 0.6 is 0 Å². The number of hydrogen-bond acceptors (Lipinski definition) is 3. The zero-order chi connectivity index (χ0) is 9.40. The fourth-order valence-corrected chi connectivity index (χ4v) is 1.17. The molecule has 0 aromatic heterocycles. The Morgan fingerprint density at radius 3 is 2.42 bits per heavy atom. The van der Waals surface area contributed by atoms with E-state index in [2.05, 4.69) is 19.2 Å². The van der Waals surface area contributed by atoms with Crippen molar-refractivity contribution in [2.75, 3.05) is 13.2 Å². The maximum absolute atomic E-state index is 9.06. The first-order valence-electron chi connectivity index (χ1n) is 4.76. The van der Waals surface area contributed by atoms with E-state index in [9.17, 15) is 0 Å². The molecule has 0 radical (unpaired) electrons. The molecule has 0 heterocycles. The van der Waals surface area contributed by atoms with Gasteiger partial charge in [-0.1, -0.05) is 20.3 Å². The molecule has 2 unspecified atom stereocenters. The van der Waals surface area contributed by atoms with E-state index in [1.54, 1.807) is 0 Å². The molecule has 0 rings (SSSR count). The van der Waals surface area contributed by atoms with Gasteiger partial charge in [0.1, 0.15) is 0 Å². The van der Waals surface area contributed by atoms with Gasteiger partial charge in [0.05, 0.1) is 12.7 Å². The van der Waals surface area contributed by atoms with Crippen molar-refractivity contribution < 1.29 is 10.2 Å². The van der Waals surface area contributed by atoms with Crippen molar-refractivity contribution in [3.63, 3.8) is 0 Å². The summed E-state index contributed by atoms with van der Waals surface area (Å²) in [7, 11) is 0. The fraction of sp³-hybridized carbons (Fsp3) is 1.00. The molecule has 2 atom stereocenters. The minimum atomic E-state index is -0.615. The topological polar surface area (TPSA) is 52.5 Å². The number of aliphatic hydroxyl groups excluding tert-OH is 2. The van der Waals surface area contributed by atoms with E-state index in [0.29, 0.717) is 12.6 Å². The fourth-order valence-electron chi connectivity index (χ4n) is 1.17. The van der Waals surface area contributed by atoms with Crippen LogP contribution in [0.4, 0.5) is 0 Å². The van der Waals surface area contributed by atoms with Crippen molar-refractivity contribution in [1.29, 1.82) is 0 Å². The zero-order valence-corrected chi connectivity index (χ0v) is 8.08. The van der Waals surface area contributed by atoms with Crippen molar-refractivity contribution in [3.05, 3.63) is 0 Å². The molecule has 0 spiro atoms. The Labute approximate surface area is 74.8 Å². The summed E-state index contributed by atoms with van der Waals surface area (Å²) in [6.07, 6.45) is 2.75. The van der Waals surface area contributed by atoms with Gasteiger partial charge in [0.2, 0.25) is 0 Å². The van der Waals surface area contributed by atoms with Gasteiger partial charge in [0, 0.05) is 12.6 Å². The quantitative estimate of drug-likeness (QED) is 0.528.